The molecule has 0 fully saturated rings. The van der Waals surface area contributed by atoms with Gasteiger partial charge >= 0.3 is 12.1 Å². The topological polar surface area (TPSA) is 76.2 Å². The van der Waals surface area contributed by atoms with Gasteiger partial charge in [0.25, 0.3) is 0 Å². The van der Waals surface area contributed by atoms with Crippen molar-refractivity contribution in [3.05, 3.63) is 40.5 Å². The Morgan fingerprint density at radius 2 is 1.95 bits per heavy atom. The van der Waals surface area contributed by atoms with Crippen LogP contribution in [-0.4, -0.2) is 22.2 Å². The third kappa shape index (κ3) is 4.17. The van der Waals surface area contributed by atoms with Crippen LogP contribution in [0.15, 0.2) is 34.9 Å². The lowest BCUT2D eigenvalue weighted by atomic mass is 10.1. The van der Waals surface area contributed by atoms with Crippen molar-refractivity contribution in [2.45, 2.75) is 12.7 Å². The van der Waals surface area contributed by atoms with Crippen LogP contribution in [0, 0.1) is 0 Å². The number of aliphatic carboxylic acids is 1. The SMILES string of the molecule is NCc1ccnc2c(Br)cccc12.O=C(O)C(F)(F)F. The van der Waals surface area contributed by atoms with Crippen LogP contribution in [0.3, 0.4) is 0 Å². The van der Waals surface area contributed by atoms with E-state index < -0.39 is 12.1 Å². The van der Waals surface area contributed by atoms with Crippen LogP contribution in [0.25, 0.3) is 10.9 Å². The van der Waals surface area contributed by atoms with Crippen molar-refractivity contribution in [1.82, 2.24) is 4.98 Å². The number of carboxylic acid groups (broad SMARTS) is 1. The van der Waals surface area contributed by atoms with E-state index in [1.807, 2.05) is 24.3 Å². The van der Waals surface area contributed by atoms with Gasteiger partial charge in [0, 0.05) is 22.6 Å². The molecular weight excluding hydrogens is 341 g/mol. The molecule has 0 saturated heterocycles. The van der Waals surface area contributed by atoms with E-state index in [0.29, 0.717) is 6.54 Å². The van der Waals surface area contributed by atoms with Crippen molar-refractivity contribution in [2.24, 2.45) is 5.73 Å². The highest BCUT2D eigenvalue weighted by Crippen LogP contribution is 2.23. The van der Waals surface area contributed by atoms with Gasteiger partial charge in [-0.2, -0.15) is 13.2 Å². The predicted molar refractivity (Wildman–Crippen MR) is 71.0 cm³/mol. The second-order valence-corrected chi connectivity index (χ2v) is 4.47. The quantitative estimate of drug-likeness (QED) is 0.828. The highest BCUT2D eigenvalue weighted by molar-refractivity contribution is 9.10. The Balaban J connectivity index is 0.000000246. The summed E-state index contributed by atoms with van der Waals surface area (Å²) in [6, 6.07) is 7.97. The number of nitrogens with two attached hydrogens (primary N) is 1. The van der Waals surface area contributed by atoms with E-state index in [0.717, 1.165) is 20.9 Å². The van der Waals surface area contributed by atoms with Gasteiger partial charge in [-0.1, -0.05) is 12.1 Å². The summed E-state index contributed by atoms with van der Waals surface area (Å²) < 4.78 is 32.8. The molecule has 8 heteroatoms. The van der Waals surface area contributed by atoms with Crippen LogP contribution in [-0.2, 0) is 11.3 Å². The molecule has 2 aromatic rings. The third-order valence-corrected chi connectivity index (χ3v) is 2.91. The fourth-order valence-corrected chi connectivity index (χ4v) is 1.84. The number of alkyl halides is 3. The standard InChI is InChI=1S/C10H9BrN2.C2HF3O2/c11-9-3-1-2-8-7(6-12)4-5-13-10(8)9;3-2(4,5)1(6)7/h1-5H,6,12H2;(H,6,7). The van der Waals surface area contributed by atoms with Crippen LogP contribution >= 0.6 is 15.9 Å². The molecule has 0 atom stereocenters. The molecule has 1 heterocycles. The molecule has 4 nitrogen and oxygen atoms in total. The number of benzene rings is 1. The molecular formula is C12H10BrF3N2O2. The van der Waals surface area contributed by atoms with Gasteiger partial charge in [0.05, 0.1) is 5.52 Å². The zero-order valence-corrected chi connectivity index (χ0v) is 11.6. The molecule has 0 unspecified atom stereocenters. The zero-order chi connectivity index (χ0) is 15.3. The minimum Gasteiger partial charge on any atom is -0.475 e. The highest BCUT2D eigenvalue weighted by Gasteiger charge is 2.38. The lowest BCUT2D eigenvalue weighted by Crippen LogP contribution is -2.21. The summed E-state index contributed by atoms with van der Waals surface area (Å²) in [5.41, 5.74) is 7.73. The predicted octanol–water partition coefficient (Wildman–Crippen LogP) is 3.09. The Labute approximate surface area is 120 Å². The minimum atomic E-state index is -5.08. The Morgan fingerprint density at radius 1 is 1.35 bits per heavy atom. The number of aromatic nitrogens is 1. The van der Waals surface area contributed by atoms with Crippen LogP contribution in [0.2, 0.25) is 0 Å². The lowest BCUT2D eigenvalue weighted by molar-refractivity contribution is -0.192. The second-order valence-electron chi connectivity index (χ2n) is 3.61. The van der Waals surface area contributed by atoms with Gasteiger partial charge in [0.15, 0.2) is 0 Å². The fourth-order valence-electron chi connectivity index (χ4n) is 1.38. The van der Waals surface area contributed by atoms with E-state index in [1.165, 1.54) is 0 Å². The first kappa shape index (κ1) is 16.4. The van der Waals surface area contributed by atoms with Gasteiger partial charge in [-0.3, -0.25) is 4.98 Å². The summed E-state index contributed by atoms with van der Waals surface area (Å²) >= 11 is 3.46. The molecule has 1 aromatic heterocycles. The van der Waals surface area contributed by atoms with E-state index in [2.05, 4.69) is 20.9 Å². The average Bonchev–Trinajstić information content (AvgIpc) is 2.38. The number of halogens is 4. The first-order valence-electron chi connectivity index (χ1n) is 5.29. The molecule has 0 aliphatic rings. The van der Waals surface area contributed by atoms with E-state index >= 15 is 0 Å². The molecule has 0 aliphatic heterocycles. The molecule has 0 amide bonds. The largest absolute Gasteiger partial charge is 0.490 e. The third-order valence-electron chi connectivity index (χ3n) is 2.27. The first-order valence-corrected chi connectivity index (χ1v) is 6.09. The summed E-state index contributed by atoms with van der Waals surface area (Å²) in [5, 5.41) is 8.25. The maximum Gasteiger partial charge on any atom is 0.490 e. The maximum absolute atomic E-state index is 10.6. The van der Waals surface area contributed by atoms with Crippen molar-refractivity contribution in [3.8, 4) is 0 Å². The number of fused-ring (bicyclic) bond motifs is 1. The summed E-state index contributed by atoms with van der Waals surface area (Å²) in [6.45, 7) is 0.551. The summed E-state index contributed by atoms with van der Waals surface area (Å²) in [7, 11) is 0. The van der Waals surface area contributed by atoms with Crippen LogP contribution in [0.1, 0.15) is 5.56 Å². The van der Waals surface area contributed by atoms with Gasteiger partial charge in [-0.05, 0) is 33.6 Å². The average molecular weight is 351 g/mol. The van der Waals surface area contributed by atoms with Gasteiger partial charge in [-0.15, -0.1) is 0 Å². The molecule has 0 spiro atoms. The van der Waals surface area contributed by atoms with E-state index in [-0.39, 0.29) is 0 Å². The molecule has 0 radical (unpaired) electrons. The van der Waals surface area contributed by atoms with Crippen LogP contribution in [0.5, 0.6) is 0 Å². The Hall–Kier alpha value is -1.67. The molecule has 1 aromatic carbocycles. The van der Waals surface area contributed by atoms with Crippen molar-refractivity contribution in [3.63, 3.8) is 0 Å². The number of para-hydroxylation sites is 1. The molecule has 0 bridgehead atoms. The summed E-state index contributed by atoms with van der Waals surface area (Å²) in [5.74, 6) is -2.76. The summed E-state index contributed by atoms with van der Waals surface area (Å²) in [4.78, 5) is 13.2. The summed E-state index contributed by atoms with van der Waals surface area (Å²) in [6.07, 6.45) is -3.30. The number of carboxylic acids is 1. The minimum absolute atomic E-state index is 0.551. The van der Waals surface area contributed by atoms with E-state index in [4.69, 9.17) is 15.6 Å². The first-order chi connectivity index (χ1) is 9.27. The Morgan fingerprint density at radius 3 is 2.45 bits per heavy atom. The number of rotatable bonds is 1. The molecule has 0 aliphatic carbocycles. The fraction of sp³-hybridized carbons (Fsp3) is 0.167. The Kier molecular flexibility index (Phi) is 5.46. The van der Waals surface area contributed by atoms with Crippen molar-refractivity contribution in [2.75, 3.05) is 0 Å². The van der Waals surface area contributed by atoms with Gasteiger partial charge in [0.2, 0.25) is 0 Å². The van der Waals surface area contributed by atoms with Crippen LogP contribution in [0.4, 0.5) is 13.2 Å². The van der Waals surface area contributed by atoms with Gasteiger partial charge < -0.3 is 10.8 Å². The molecule has 3 N–H and O–H groups in total. The number of carbonyl (C=O) groups is 1. The molecule has 20 heavy (non-hydrogen) atoms. The van der Waals surface area contributed by atoms with Gasteiger partial charge in [-0.25, -0.2) is 4.79 Å². The maximum atomic E-state index is 10.6. The van der Waals surface area contributed by atoms with Crippen molar-refractivity contribution in [1.29, 1.82) is 0 Å². The monoisotopic (exact) mass is 350 g/mol. The Bertz CT molecular complexity index is 617. The molecule has 2 rings (SSSR count). The number of hydrogen-bond donors (Lipinski definition) is 2. The number of nitrogens with zero attached hydrogens (tertiary/aromatic N) is 1. The second kappa shape index (κ2) is 6.67. The van der Waals surface area contributed by atoms with Crippen molar-refractivity contribution >= 4 is 32.8 Å². The van der Waals surface area contributed by atoms with E-state index in [9.17, 15) is 13.2 Å². The smallest absolute Gasteiger partial charge is 0.475 e. The zero-order valence-electron chi connectivity index (χ0n) is 9.99. The normalized spacial score (nSPS) is 10.8. The van der Waals surface area contributed by atoms with Crippen LogP contribution < -0.4 is 5.73 Å². The van der Waals surface area contributed by atoms with E-state index in [1.54, 1.807) is 6.20 Å². The highest BCUT2D eigenvalue weighted by atomic mass is 79.9. The number of hydrogen-bond acceptors (Lipinski definition) is 3. The van der Waals surface area contributed by atoms with Crippen molar-refractivity contribution < 1.29 is 23.1 Å². The number of pyridine rings is 1. The molecule has 108 valence electrons. The molecule has 0 saturated carbocycles. The van der Waals surface area contributed by atoms with Gasteiger partial charge in [0.1, 0.15) is 0 Å². The lowest BCUT2D eigenvalue weighted by Gasteiger charge is -2.03.